The molecular formula is C18H19N5O3. The summed E-state index contributed by atoms with van der Waals surface area (Å²) in [5, 5.41) is 13.9. The minimum Gasteiger partial charge on any atom is -0.494 e. The topological polar surface area (TPSA) is 91.2 Å². The van der Waals surface area contributed by atoms with E-state index in [0.29, 0.717) is 41.7 Å². The van der Waals surface area contributed by atoms with E-state index in [1.165, 1.54) is 11.0 Å². The number of hydrogen-bond acceptors (Lipinski definition) is 6. The molecule has 8 nitrogen and oxygen atoms in total. The van der Waals surface area contributed by atoms with Gasteiger partial charge in [-0.25, -0.2) is 4.68 Å². The van der Waals surface area contributed by atoms with E-state index in [4.69, 9.17) is 9.47 Å². The molecule has 8 heteroatoms. The van der Waals surface area contributed by atoms with Crippen LogP contribution >= 0.6 is 0 Å². The highest BCUT2D eigenvalue weighted by Gasteiger charge is 2.12. The summed E-state index contributed by atoms with van der Waals surface area (Å²) >= 11 is 0. The maximum Gasteiger partial charge on any atom is 0.255 e. The van der Waals surface area contributed by atoms with Gasteiger partial charge in [0.05, 0.1) is 24.6 Å². The van der Waals surface area contributed by atoms with Gasteiger partial charge in [0, 0.05) is 11.6 Å². The third-order valence-electron chi connectivity index (χ3n) is 3.53. The SMILES string of the molecule is CCOc1ccc(OCC)c(NC(=O)c2cccc(-n3cnnn3)c2)c1. The van der Waals surface area contributed by atoms with Gasteiger partial charge in [0.25, 0.3) is 5.91 Å². The molecule has 0 aliphatic heterocycles. The van der Waals surface area contributed by atoms with Gasteiger partial charge in [-0.3, -0.25) is 4.79 Å². The lowest BCUT2D eigenvalue weighted by atomic mass is 10.1. The van der Waals surface area contributed by atoms with Gasteiger partial charge in [0.2, 0.25) is 0 Å². The van der Waals surface area contributed by atoms with E-state index in [1.54, 1.807) is 30.3 Å². The highest BCUT2D eigenvalue weighted by atomic mass is 16.5. The molecule has 0 aliphatic rings. The van der Waals surface area contributed by atoms with Gasteiger partial charge in [-0.15, -0.1) is 5.10 Å². The summed E-state index contributed by atoms with van der Waals surface area (Å²) in [6.45, 7) is 4.82. The second-order valence-electron chi connectivity index (χ2n) is 5.28. The Morgan fingerprint density at radius 2 is 1.96 bits per heavy atom. The van der Waals surface area contributed by atoms with Crippen LogP contribution in [0, 0.1) is 0 Å². The first-order valence-corrected chi connectivity index (χ1v) is 8.25. The Morgan fingerprint density at radius 1 is 1.12 bits per heavy atom. The lowest BCUT2D eigenvalue weighted by Crippen LogP contribution is -2.13. The van der Waals surface area contributed by atoms with Crippen molar-refractivity contribution in [3.8, 4) is 17.2 Å². The van der Waals surface area contributed by atoms with Crippen molar-refractivity contribution >= 4 is 11.6 Å². The monoisotopic (exact) mass is 353 g/mol. The molecule has 134 valence electrons. The molecule has 1 amide bonds. The van der Waals surface area contributed by atoms with E-state index in [1.807, 2.05) is 26.0 Å². The van der Waals surface area contributed by atoms with Crippen LogP contribution in [0.25, 0.3) is 5.69 Å². The number of tetrazole rings is 1. The summed E-state index contributed by atoms with van der Waals surface area (Å²) in [5.74, 6) is 0.976. The molecule has 0 fully saturated rings. The number of hydrogen-bond donors (Lipinski definition) is 1. The Bertz CT molecular complexity index is 880. The zero-order chi connectivity index (χ0) is 18.4. The van der Waals surface area contributed by atoms with Crippen molar-refractivity contribution in [1.29, 1.82) is 0 Å². The van der Waals surface area contributed by atoms with Crippen LogP contribution < -0.4 is 14.8 Å². The first-order chi connectivity index (χ1) is 12.7. The van der Waals surface area contributed by atoms with E-state index in [9.17, 15) is 4.79 Å². The van der Waals surface area contributed by atoms with Gasteiger partial charge in [0.15, 0.2) is 0 Å². The van der Waals surface area contributed by atoms with Gasteiger partial charge in [-0.1, -0.05) is 6.07 Å². The summed E-state index contributed by atoms with van der Waals surface area (Å²) < 4.78 is 12.6. The zero-order valence-corrected chi connectivity index (χ0v) is 14.5. The predicted octanol–water partition coefficient (Wildman–Crippen LogP) is 2.71. The van der Waals surface area contributed by atoms with Crippen molar-refractivity contribution in [2.45, 2.75) is 13.8 Å². The van der Waals surface area contributed by atoms with Crippen molar-refractivity contribution < 1.29 is 14.3 Å². The molecule has 1 heterocycles. The normalized spacial score (nSPS) is 10.4. The number of anilines is 1. The zero-order valence-electron chi connectivity index (χ0n) is 14.5. The summed E-state index contributed by atoms with van der Waals surface area (Å²) in [4.78, 5) is 12.7. The van der Waals surface area contributed by atoms with Crippen LogP contribution in [0.5, 0.6) is 11.5 Å². The fourth-order valence-electron chi connectivity index (χ4n) is 2.41. The van der Waals surface area contributed by atoms with E-state index in [0.717, 1.165) is 0 Å². The van der Waals surface area contributed by atoms with Crippen molar-refractivity contribution in [1.82, 2.24) is 20.2 Å². The molecule has 3 aromatic rings. The van der Waals surface area contributed by atoms with Crippen LogP contribution in [0.1, 0.15) is 24.2 Å². The smallest absolute Gasteiger partial charge is 0.255 e. The molecule has 0 aliphatic carbocycles. The summed E-state index contributed by atoms with van der Waals surface area (Å²) in [5.41, 5.74) is 1.72. The Labute approximate surface area is 150 Å². The third-order valence-corrected chi connectivity index (χ3v) is 3.53. The lowest BCUT2D eigenvalue weighted by Gasteiger charge is -2.14. The average molecular weight is 353 g/mol. The van der Waals surface area contributed by atoms with Crippen molar-refractivity contribution in [3.05, 3.63) is 54.4 Å². The first kappa shape index (κ1) is 17.4. The molecule has 0 spiro atoms. The number of ether oxygens (including phenoxy) is 2. The van der Waals surface area contributed by atoms with Crippen LogP contribution in [-0.2, 0) is 0 Å². The van der Waals surface area contributed by atoms with Gasteiger partial charge >= 0.3 is 0 Å². The number of amides is 1. The number of nitrogens with zero attached hydrogens (tertiary/aromatic N) is 4. The molecular weight excluding hydrogens is 334 g/mol. The molecule has 0 saturated heterocycles. The standard InChI is InChI=1S/C18H19N5O3/c1-3-25-15-8-9-17(26-4-2)16(11-15)20-18(24)13-6-5-7-14(10-13)23-12-19-21-22-23/h5-12H,3-4H2,1-2H3,(H,20,24). The van der Waals surface area contributed by atoms with Crippen LogP contribution in [0.2, 0.25) is 0 Å². The maximum atomic E-state index is 12.7. The predicted molar refractivity (Wildman–Crippen MR) is 95.9 cm³/mol. The summed E-state index contributed by atoms with van der Waals surface area (Å²) in [6.07, 6.45) is 1.47. The molecule has 0 unspecified atom stereocenters. The highest BCUT2D eigenvalue weighted by molar-refractivity contribution is 6.05. The van der Waals surface area contributed by atoms with Crippen molar-refractivity contribution in [2.75, 3.05) is 18.5 Å². The molecule has 0 bridgehead atoms. The molecule has 1 aromatic heterocycles. The van der Waals surface area contributed by atoms with Crippen LogP contribution in [0.15, 0.2) is 48.8 Å². The molecule has 0 saturated carbocycles. The van der Waals surface area contributed by atoms with E-state index in [-0.39, 0.29) is 5.91 Å². The Kier molecular flexibility index (Phi) is 5.43. The molecule has 0 atom stereocenters. The average Bonchev–Trinajstić information content (AvgIpc) is 3.19. The number of nitrogens with one attached hydrogen (secondary N) is 1. The number of rotatable bonds is 7. The van der Waals surface area contributed by atoms with Crippen LogP contribution in [0.4, 0.5) is 5.69 Å². The van der Waals surface area contributed by atoms with Crippen molar-refractivity contribution in [3.63, 3.8) is 0 Å². The largest absolute Gasteiger partial charge is 0.494 e. The second kappa shape index (κ2) is 8.11. The Balaban J connectivity index is 1.85. The molecule has 2 aromatic carbocycles. The van der Waals surface area contributed by atoms with E-state index < -0.39 is 0 Å². The molecule has 3 rings (SSSR count). The van der Waals surface area contributed by atoms with Gasteiger partial charge in [-0.05, 0) is 54.6 Å². The van der Waals surface area contributed by atoms with E-state index >= 15 is 0 Å². The van der Waals surface area contributed by atoms with Crippen LogP contribution in [0.3, 0.4) is 0 Å². The van der Waals surface area contributed by atoms with Gasteiger partial charge in [0.1, 0.15) is 17.8 Å². The number of carbonyl (C=O) groups is 1. The molecule has 1 N–H and O–H groups in total. The van der Waals surface area contributed by atoms with Gasteiger partial charge < -0.3 is 14.8 Å². The van der Waals surface area contributed by atoms with Crippen LogP contribution in [-0.4, -0.2) is 39.3 Å². The quantitative estimate of drug-likeness (QED) is 0.702. The summed E-state index contributed by atoms with van der Waals surface area (Å²) in [7, 11) is 0. The Morgan fingerprint density at radius 3 is 2.69 bits per heavy atom. The highest BCUT2D eigenvalue weighted by Crippen LogP contribution is 2.30. The fraction of sp³-hybridized carbons (Fsp3) is 0.222. The maximum absolute atomic E-state index is 12.7. The second-order valence-corrected chi connectivity index (χ2v) is 5.28. The van der Waals surface area contributed by atoms with Crippen molar-refractivity contribution in [2.24, 2.45) is 0 Å². The number of aromatic nitrogens is 4. The number of benzene rings is 2. The molecule has 26 heavy (non-hydrogen) atoms. The fourth-order valence-corrected chi connectivity index (χ4v) is 2.41. The van der Waals surface area contributed by atoms with E-state index in [2.05, 4.69) is 20.8 Å². The first-order valence-electron chi connectivity index (χ1n) is 8.25. The summed E-state index contributed by atoms with van der Waals surface area (Å²) in [6, 6.07) is 12.3. The lowest BCUT2D eigenvalue weighted by molar-refractivity contribution is 0.102. The number of carbonyl (C=O) groups excluding carboxylic acids is 1. The minimum atomic E-state index is -0.269. The molecule has 0 radical (unpaired) electrons. The third kappa shape index (κ3) is 3.97. The minimum absolute atomic E-state index is 0.269. The van der Waals surface area contributed by atoms with Gasteiger partial charge in [-0.2, -0.15) is 0 Å². The Hall–Kier alpha value is -3.42.